The molecule has 254 valence electrons. The summed E-state index contributed by atoms with van der Waals surface area (Å²) in [5, 5.41) is 2.76. The lowest BCUT2D eigenvalue weighted by Crippen LogP contribution is -2.56. The molecule has 0 aromatic heterocycles. The number of nitrogens with one attached hydrogen (secondary N) is 1. The van der Waals surface area contributed by atoms with Gasteiger partial charge in [-0.1, -0.05) is 80.6 Å². The predicted octanol–water partition coefficient (Wildman–Crippen LogP) is 5.20. The van der Waals surface area contributed by atoms with Gasteiger partial charge in [0, 0.05) is 24.1 Å². The van der Waals surface area contributed by atoms with E-state index in [9.17, 15) is 19.2 Å². The van der Waals surface area contributed by atoms with Gasteiger partial charge < -0.3 is 26.3 Å². The Bertz CT molecular complexity index is 1590. The van der Waals surface area contributed by atoms with Crippen molar-refractivity contribution in [3.05, 3.63) is 89.5 Å². The van der Waals surface area contributed by atoms with Crippen LogP contribution in [0, 0.1) is 5.92 Å². The number of ether oxygens (including phenoxy) is 2. The van der Waals surface area contributed by atoms with Crippen LogP contribution in [0.5, 0.6) is 0 Å². The number of aryl methyl sites for hydroxylation is 1. The minimum atomic E-state index is -1.04. The summed E-state index contributed by atoms with van der Waals surface area (Å²) < 4.78 is 11.4. The Balaban J connectivity index is 1.29. The second-order valence-electron chi connectivity index (χ2n) is 13.1. The molecule has 0 saturated heterocycles. The zero-order chi connectivity index (χ0) is 34.4. The molecule has 0 bridgehead atoms. The standard InChI is InChI=1S/C38H46N4O6/c1-23(2)35(41-38(46)47-22-32-30-13-7-5-11-28(30)29-12-6-8-14-31(29)32)37(45)42(24(3)36(40)44)33-15-9-4-10-25(33)16-21-34(43)48-27-19-17-26(39)18-20-27/h4-15,23-24,26-27,32,35H,16-22,39H2,1-3H3,(H2,40,44)(H,41,46)/t24-,26?,27?,35-/m0/s1. The monoisotopic (exact) mass is 654 g/mol. The van der Waals surface area contributed by atoms with Crippen molar-refractivity contribution in [2.24, 2.45) is 17.4 Å². The molecule has 1 fully saturated rings. The second kappa shape index (κ2) is 15.5. The number of carbonyl (C=O) groups excluding carboxylic acids is 4. The molecule has 5 N–H and O–H groups in total. The van der Waals surface area contributed by atoms with E-state index in [1.165, 1.54) is 4.90 Å². The Hall–Kier alpha value is -4.70. The van der Waals surface area contributed by atoms with E-state index in [0.29, 0.717) is 11.3 Å². The highest BCUT2D eigenvalue weighted by molar-refractivity contribution is 6.04. The van der Waals surface area contributed by atoms with E-state index >= 15 is 0 Å². The number of rotatable bonds is 12. The first kappa shape index (κ1) is 34.6. The molecule has 3 aromatic rings. The molecule has 10 nitrogen and oxygen atoms in total. The molecule has 2 atom stereocenters. The number of benzene rings is 3. The number of carbonyl (C=O) groups is 4. The smallest absolute Gasteiger partial charge is 0.407 e. The van der Waals surface area contributed by atoms with Crippen LogP contribution in [0.1, 0.15) is 75.5 Å². The Kier molecular flexibility index (Phi) is 11.2. The Morgan fingerprint density at radius 3 is 2.04 bits per heavy atom. The average Bonchev–Trinajstić information content (AvgIpc) is 3.40. The van der Waals surface area contributed by atoms with Gasteiger partial charge >= 0.3 is 12.1 Å². The fraction of sp³-hybridized carbons (Fsp3) is 0.421. The fourth-order valence-corrected chi connectivity index (χ4v) is 6.72. The number of fused-ring (bicyclic) bond motifs is 3. The van der Waals surface area contributed by atoms with E-state index in [0.717, 1.165) is 47.9 Å². The second-order valence-corrected chi connectivity index (χ2v) is 13.1. The fourth-order valence-electron chi connectivity index (χ4n) is 6.72. The van der Waals surface area contributed by atoms with Crippen molar-refractivity contribution in [2.75, 3.05) is 11.5 Å². The topological polar surface area (TPSA) is 154 Å². The van der Waals surface area contributed by atoms with Crippen LogP contribution in [0.15, 0.2) is 72.8 Å². The molecule has 0 aliphatic heterocycles. The van der Waals surface area contributed by atoms with E-state index in [2.05, 4.69) is 17.4 Å². The number of nitrogens with two attached hydrogens (primary N) is 2. The van der Waals surface area contributed by atoms with Crippen LogP contribution in [0.25, 0.3) is 11.1 Å². The molecule has 0 unspecified atom stereocenters. The molecule has 5 rings (SSSR count). The molecule has 0 spiro atoms. The van der Waals surface area contributed by atoms with Crippen molar-refractivity contribution < 1.29 is 28.7 Å². The maximum atomic E-state index is 14.3. The van der Waals surface area contributed by atoms with Gasteiger partial charge in [-0.3, -0.25) is 19.3 Å². The number of nitrogens with zero attached hydrogens (tertiary/aromatic N) is 1. The number of hydrogen-bond donors (Lipinski definition) is 3. The largest absolute Gasteiger partial charge is 0.462 e. The van der Waals surface area contributed by atoms with E-state index < -0.39 is 30.0 Å². The highest BCUT2D eigenvalue weighted by Crippen LogP contribution is 2.44. The summed E-state index contributed by atoms with van der Waals surface area (Å²) in [6.45, 7) is 5.25. The quantitative estimate of drug-likeness (QED) is 0.227. The maximum Gasteiger partial charge on any atom is 0.407 e. The van der Waals surface area contributed by atoms with Crippen LogP contribution < -0.4 is 21.7 Å². The first-order valence-corrected chi connectivity index (χ1v) is 16.8. The van der Waals surface area contributed by atoms with Gasteiger partial charge in [0.1, 0.15) is 24.8 Å². The van der Waals surface area contributed by atoms with Crippen LogP contribution in [0.3, 0.4) is 0 Å². The zero-order valence-electron chi connectivity index (χ0n) is 27.9. The first-order chi connectivity index (χ1) is 23.0. The third kappa shape index (κ3) is 7.87. The molecule has 0 radical (unpaired) electrons. The predicted molar refractivity (Wildman–Crippen MR) is 184 cm³/mol. The van der Waals surface area contributed by atoms with Crippen molar-refractivity contribution in [2.45, 2.75) is 89.4 Å². The van der Waals surface area contributed by atoms with E-state index in [1.54, 1.807) is 45.0 Å². The number of hydrogen-bond acceptors (Lipinski definition) is 7. The minimum absolute atomic E-state index is 0.0901. The van der Waals surface area contributed by atoms with Crippen LogP contribution in [0.2, 0.25) is 0 Å². The maximum absolute atomic E-state index is 14.3. The van der Waals surface area contributed by atoms with Crippen molar-refractivity contribution in [1.29, 1.82) is 0 Å². The summed E-state index contributed by atoms with van der Waals surface area (Å²) in [5.41, 5.74) is 17.2. The molecule has 10 heteroatoms. The lowest BCUT2D eigenvalue weighted by molar-refractivity contribution is -0.150. The number of primary amides is 1. The van der Waals surface area contributed by atoms with Gasteiger partial charge in [0.15, 0.2) is 0 Å². The molecule has 2 aliphatic rings. The SMILES string of the molecule is CC(C)[C@H](NC(=O)OCC1c2ccccc2-c2ccccc21)C(=O)N(c1ccccc1CCC(=O)OC1CCC(N)CC1)[C@@H](C)C(N)=O. The van der Waals surface area contributed by atoms with Crippen molar-refractivity contribution in [1.82, 2.24) is 5.32 Å². The zero-order valence-corrected chi connectivity index (χ0v) is 27.9. The lowest BCUT2D eigenvalue weighted by atomic mass is 9.94. The highest BCUT2D eigenvalue weighted by Gasteiger charge is 2.36. The van der Waals surface area contributed by atoms with Gasteiger partial charge in [-0.05, 0) is 78.8 Å². The molecule has 3 aromatic carbocycles. The number of alkyl carbamates (subject to hydrolysis) is 1. The summed E-state index contributed by atoms with van der Waals surface area (Å²) in [4.78, 5) is 54.2. The summed E-state index contributed by atoms with van der Waals surface area (Å²) in [6, 6.07) is 21.2. The van der Waals surface area contributed by atoms with Gasteiger partial charge in [-0.2, -0.15) is 0 Å². The first-order valence-electron chi connectivity index (χ1n) is 16.8. The summed E-state index contributed by atoms with van der Waals surface area (Å²) in [7, 11) is 0. The molecule has 1 saturated carbocycles. The highest BCUT2D eigenvalue weighted by atomic mass is 16.6. The summed E-state index contributed by atoms with van der Waals surface area (Å²) in [6.07, 6.45) is 2.63. The summed E-state index contributed by atoms with van der Waals surface area (Å²) >= 11 is 0. The third-order valence-electron chi connectivity index (χ3n) is 9.45. The van der Waals surface area contributed by atoms with Crippen LogP contribution in [0.4, 0.5) is 10.5 Å². The number of para-hydroxylation sites is 1. The van der Waals surface area contributed by atoms with E-state index in [-0.39, 0.29) is 49.4 Å². The third-order valence-corrected chi connectivity index (χ3v) is 9.45. The molecule has 2 aliphatic carbocycles. The average molecular weight is 655 g/mol. The molecule has 48 heavy (non-hydrogen) atoms. The Labute approximate surface area is 282 Å². The van der Waals surface area contributed by atoms with Gasteiger partial charge in [0.2, 0.25) is 5.91 Å². The number of esters is 1. The van der Waals surface area contributed by atoms with Gasteiger partial charge in [-0.25, -0.2) is 4.79 Å². The van der Waals surface area contributed by atoms with E-state index in [1.807, 2.05) is 36.4 Å². The molecule has 3 amide bonds. The summed E-state index contributed by atoms with van der Waals surface area (Å²) in [5.74, 6) is -2.05. The van der Waals surface area contributed by atoms with Crippen molar-refractivity contribution >= 4 is 29.6 Å². The van der Waals surface area contributed by atoms with Crippen LogP contribution in [-0.2, 0) is 30.3 Å². The molecular formula is C38H46N4O6. The molecule has 0 heterocycles. The van der Waals surface area contributed by atoms with Crippen molar-refractivity contribution in [3.8, 4) is 11.1 Å². The minimum Gasteiger partial charge on any atom is -0.462 e. The Morgan fingerprint density at radius 2 is 1.44 bits per heavy atom. The van der Waals surface area contributed by atoms with Crippen LogP contribution in [-0.4, -0.2) is 54.7 Å². The van der Waals surface area contributed by atoms with E-state index in [4.69, 9.17) is 20.9 Å². The molecular weight excluding hydrogens is 608 g/mol. The lowest BCUT2D eigenvalue weighted by Gasteiger charge is -2.34. The normalized spacial score (nSPS) is 18.3. The van der Waals surface area contributed by atoms with Crippen molar-refractivity contribution in [3.63, 3.8) is 0 Å². The van der Waals surface area contributed by atoms with Gasteiger partial charge in [-0.15, -0.1) is 0 Å². The van der Waals surface area contributed by atoms with Gasteiger partial charge in [0.25, 0.3) is 5.91 Å². The van der Waals surface area contributed by atoms with Crippen LogP contribution >= 0.6 is 0 Å². The van der Waals surface area contributed by atoms with Gasteiger partial charge in [0.05, 0.1) is 0 Å². The Morgan fingerprint density at radius 1 is 0.854 bits per heavy atom. The number of anilines is 1. The number of amides is 3.